The number of carbonyl (C=O) groups excluding carboxylic acids is 3. The number of benzene rings is 1. The molecule has 0 radical (unpaired) electrons. The largest absolute Gasteiger partial charge is 0.491 e. The van der Waals surface area contributed by atoms with Gasteiger partial charge in [0.1, 0.15) is 12.4 Å². The lowest BCUT2D eigenvalue weighted by molar-refractivity contribution is -0.133. The molecule has 0 spiro atoms. The summed E-state index contributed by atoms with van der Waals surface area (Å²) in [4.78, 5) is 41.7. The summed E-state index contributed by atoms with van der Waals surface area (Å²) in [6, 6.07) is 4.80. The second-order valence-electron chi connectivity index (χ2n) is 9.91. The van der Waals surface area contributed by atoms with Crippen LogP contribution in [0.25, 0.3) is 0 Å². The third-order valence-corrected chi connectivity index (χ3v) is 7.05. The number of amides is 4. The highest BCUT2D eigenvalue weighted by molar-refractivity contribution is 5.99. The number of nitrogens with one attached hydrogen (secondary N) is 2. The van der Waals surface area contributed by atoms with E-state index in [4.69, 9.17) is 9.47 Å². The Bertz CT molecular complexity index is 902. The van der Waals surface area contributed by atoms with Crippen LogP contribution in [0.2, 0.25) is 0 Å². The Labute approximate surface area is 208 Å². The lowest BCUT2D eigenvalue weighted by Crippen LogP contribution is -2.48. The van der Waals surface area contributed by atoms with Gasteiger partial charge in [-0.1, -0.05) is 26.2 Å². The third-order valence-electron chi connectivity index (χ3n) is 7.05. The molecule has 1 aliphatic heterocycles. The summed E-state index contributed by atoms with van der Waals surface area (Å²) in [7, 11) is 3.34. The maximum Gasteiger partial charge on any atom is 0.319 e. The van der Waals surface area contributed by atoms with E-state index in [1.165, 1.54) is 6.42 Å². The van der Waals surface area contributed by atoms with Crippen molar-refractivity contribution in [3.05, 3.63) is 23.8 Å². The van der Waals surface area contributed by atoms with E-state index in [2.05, 4.69) is 10.6 Å². The quantitative estimate of drug-likeness (QED) is 0.678. The van der Waals surface area contributed by atoms with Crippen molar-refractivity contribution in [1.29, 1.82) is 0 Å². The molecule has 2 N–H and O–H groups in total. The van der Waals surface area contributed by atoms with Crippen molar-refractivity contribution in [3.8, 4) is 5.75 Å². The Morgan fingerprint density at radius 1 is 1.11 bits per heavy atom. The number of carbonyl (C=O) groups is 3. The van der Waals surface area contributed by atoms with Crippen LogP contribution in [0.3, 0.4) is 0 Å². The molecule has 1 heterocycles. The van der Waals surface area contributed by atoms with Crippen LogP contribution in [0.5, 0.6) is 5.75 Å². The smallest absolute Gasteiger partial charge is 0.319 e. The summed E-state index contributed by atoms with van der Waals surface area (Å²) >= 11 is 0. The Hall–Kier alpha value is -2.81. The molecule has 1 saturated carbocycles. The van der Waals surface area contributed by atoms with Gasteiger partial charge in [0.05, 0.1) is 17.7 Å². The summed E-state index contributed by atoms with van der Waals surface area (Å²) in [6.07, 6.45) is 5.20. The topological polar surface area (TPSA) is 100 Å². The van der Waals surface area contributed by atoms with Gasteiger partial charge in [0.15, 0.2) is 0 Å². The average molecular weight is 489 g/mol. The van der Waals surface area contributed by atoms with E-state index in [1.54, 1.807) is 49.1 Å². The number of urea groups is 1. The van der Waals surface area contributed by atoms with Crippen LogP contribution in [0.15, 0.2) is 18.2 Å². The SMILES string of the molecule is CO[C@@H]1CN(C)C(=O)c2cc(NC(=O)NC3CCCCC3)ccc2OC[C@H](C)N(C(C)=O)C[C@@H]1C. The Morgan fingerprint density at radius 3 is 2.49 bits per heavy atom. The Morgan fingerprint density at radius 2 is 1.83 bits per heavy atom. The first-order valence-corrected chi connectivity index (χ1v) is 12.6. The van der Waals surface area contributed by atoms with E-state index in [1.807, 2.05) is 13.8 Å². The third kappa shape index (κ3) is 7.10. The first-order valence-electron chi connectivity index (χ1n) is 12.6. The molecule has 0 bridgehead atoms. The molecule has 9 nitrogen and oxygen atoms in total. The summed E-state index contributed by atoms with van der Waals surface area (Å²) in [5.74, 6) is 0.172. The van der Waals surface area contributed by atoms with Gasteiger partial charge >= 0.3 is 6.03 Å². The zero-order valence-electron chi connectivity index (χ0n) is 21.6. The Kier molecular flexibility index (Phi) is 9.37. The van der Waals surface area contributed by atoms with E-state index >= 15 is 0 Å². The van der Waals surface area contributed by atoms with Gasteiger partial charge in [-0.25, -0.2) is 4.79 Å². The highest BCUT2D eigenvalue weighted by Crippen LogP contribution is 2.27. The molecule has 0 saturated heterocycles. The molecule has 1 fully saturated rings. The molecule has 9 heteroatoms. The zero-order valence-corrected chi connectivity index (χ0v) is 21.6. The number of likely N-dealkylation sites (N-methyl/N-ethyl adjacent to an activating group) is 1. The number of hydrogen-bond acceptors (Lipinski definition) is 5. The van der Waals surface area contributed by atoms with Crippen molar-refractivity contribution in [2.75, 3.05) is 39.2 Å². The average Bonchev–Trinajstić information content (AvgIpc) is 2.83. The molecule has 1 aromatic rings. The number of ether oxygens (including phenoxy) is 2. The van der Waals surface area contributed by atoms with Gasteiger partial charge in [0.2, 0.25) is 5.91 Å². The molecule has 35 heavy (non-hydrogen) atoms. The van der Waals surface area contributed by atoms with E-state index in [-0.39, 0.29) is 48.6 Å². The predicted octanol–water partition coefficient (Wildman–Crippen LogP) is 3.49. The maximum atomic E-state index is 13.4. The fourth-order valence-electron chi connectivity index (χ4n) is 4.89. The molecule has 194 valence electrons. The minimum atomic E-state index is -0.272. The fourth-order valence-corrected chi connectivity index (χ4v) is 4.89. The van der Waals surface area contributed by atoms with Crippen molar-refractivity contribution in [2.45, 2.75) is 71.1 Å². The van der Waals surface area contributed by atoms with Gasteiger partial charge in [0, 0.05) is 51.8 Å². The number of anilines is 1. The Balaban J connectivity index is 1.84. The van der Waals surface area contributed by atoms with E-state index in [9.17, 15) is 14.4 Å². The highest BCUT2D eigenvalue weighted by atomic mass is 16.5. The van der Waals surface area contributed by atoms with Gasteiger partial charge in [0.25, 0.3) is 5.91 Å². The van der Waals surface area contributed by atoms with Crippen LogP contribution < -0.4 is 15.4 Å². The van der Waals surface area contributed by atoms with Crippen LogP contribution in [0.4, 0.5) is 10.5 Å². The summed E-state index contributed by atoms with van der Waals surface area (Å²) in [5, 5.41) is 5.90. The predicted molar refractivity (Wildman–Crippen MR) is 135 cm³/mol. The number of hydrogen-bond donors (Lipinski definition) is 2. The summed E-state index contributed by atoms with van der Waals surface area (Å²) in [6.45, 7) is 6.60. The second kappa shape index (κ2) is 12.2. The summed E-state index contributed by atoms with van der Waals surface area (Å²) in [5.41, 5.74) is 0.872. The zero-order chi connectivity index (χ0) is 25.5. The molecule has 2 aliphatic rings. The lowest BCUT2D eigenvalue weighted by atomic mass is 9.96. The van der Waals surface area contributed by atoms with Crippen LogP contribution in [-0.2, 0) is 9.53 Å². The van der Waals surface area contributed by atoms with Crippen LogP contribution >= 0.6 is 0 Å². The molecule has 0 unspecified atom stereocenters. The number of rotatable bonds is 3. The van der Waals surface area contributed by atoms with Crippen molar-refractivity contribution in [1.82, 2.24) is 15.1 Å². The maximum absolute atomic E-state index is 13.4. The van der Waals surface area contributed by atoms with Gasteiger partial charge in [-0.2, -0.15) is 0 Å². The molecule has 3 rings (SSSR count). The van der Waals surface area contributed by atoms with Gasteiger partial charge < -0.3 is 29.9 Å². The van der Waals surface area contributed by atoms with Crippen LogP contribution in [0, 0.1) is 5.92 Å². The van der Waals surface area contributed by atoms with Gasteiger partial charge in [-0.15, -0.1) is 0 Å². The fraction of sp³-hybridized carbons (Fsp3) is 0.654. The van der Waals surface area contributed by atoms with E-state index in [0.29, 0.717) is 30.1 Å². The minimum Gasteiger partial charge on any atom is -0.491 e. The van der Waals surface area contributed by atoms with Crippen molar-refractivity contribution >= 4 is 23.5 Å². The molecule has 4 amide bonds. The van der Waals surface area contributed by atoms with Crippen LogP contribution in [-0.4, -0.2) is 79.7 Å². The van der Waals surface area contributed by atoms with Crippen LogP contribution in [0.1, 0.15) is 63.2 Å². The molecule has 1 aliphatic carbocycles. The van der Waals surface area contributed by atoms with E-state index < -0.39 is 0 Å². The van der Waals surface area contributed by atoms with Crippen molar-refractivity contribution in [2.24, 2.45) is 5.92 Å². The molecule has 3 atom stereocenters. The van der Waals surface area contributed by atoms with Crippen molar-refractivity contribution < 1.29 is 23.9 Å². The lowest BCUT2D eigenvalue weighted by Gasteiger charge is -2.35. The molecular weight excluding hydrogens is 448 g/mol. The molecule has 1 aromatic carbocycles. The highest BCUT2D eigenvalue weighted by Gasteiger charge is 2.29. The standard InChI is InChI=1S/C26H40N4O5/c1-17-14-30(19(3)31)18(2)16-35-23-12-11-21(28-26(33)27-20-9-7-6-8-10-20)13-22(23)25(32)29(4)15-24(17)34-5/h11-13,17-18,20,24H,6-10,14-16H2,1-5H3,(H2,27,28,33)/t17-,18-,24+/m0/s1. The second-order valence-corrected chi connectivity index (χ2v) is 9.91. The van der Waals surface area contributed by atoms with E-state index in [0.717, 1.165) is 25.7 Å². The van der Waals surface area contributed by atoms with Gasteiger partial charge in [-0.3, -0.25) is 9.59 Å². The summed E-state index contributed by atoms with van der Waals surface area (Å²) < 4.78 is 11.7. The van der Waals surface area contributed by atoms with Crippen molar-refractivity contribution in [3.63, 3.8) is 0 Å². The first-order chi connectivity index (χ1) is 16.7. The molecule has 0 aromatic heterocycles. The number of fused-ring (bicyclic) bond motifs is 1. The van der Waals surface area contributed by atoms with Gasteiger partial charge in [-0.05, 0) is 38.0 Å². The number of methoxy groups -OCH3 is 1. The number of nitrogens with zero attached hydrogens (tertiary/aromatic N) is 2. The first kappa shape index (κ1) is 26.8. The minimum absolute atomic E-state index is 0.0111. The molecular formula is C26H40N4O5. The monoisotopic (exact) mass is 488 g/mol. The normalized spacial score (nSPS) is 24.5.